The number of aryl methyl sites for hydroxylation is 2. The van der Waals surface area contributed by atoms with Crippen LogP contribution in [0.2, 0.25) is 0 Å². The number of aromatic amines is 2. The summed E-state index contributed by atoms with van der Waals surface area (Å²) in [4.78, 5) is 86.8. The Hall–Kier alpha value is -5.53. The zero-order valence-corrected chi connectivity index (χ0v) is 38.2. The minimum atomic E-state index is -1.30. The fraction of sp³-hybridized carbons (Fsp3) is 0.438. The number of nitrogens with one attached hydrogen (secondary N) is 3. The van der Waals surface area contributed by atoms with Gasteiger partial charge in [0.2, 0.25) is 5.91 Å². The van der Waals surface area contributed by atoms with Crippen molar-refractivity contribution in [3.63, 3.8) is 0 Å². The lowest BCUT2D eigenvalue weighted by Crippen LogP contribution is -2.42. The number of methoxy groups -OCH3 is 1. The number of carbonyl (C=O) groups is 5. The number of fused-ring (bicyclic) bond motifs is 8. The number of ether oxygens (including phenoxy) is 1. The number of hydrogen-bond donors (Lipinski definition) is 4. The number of anilines is 1. The Morgan fingerprint density at radius 3 is 2.13 bits per heavy atom. The zero-order valence-electron chi connectivity index (χ0n) is 36.7. The molecule has 0 radical (unpaired) electrons. The van der Waals surface area contributed by atoms with Gasteiger partial charge in [-0.15, -0.1) is 23.2 Å². The van der Waals surface area contributed by atoms with Crippen LogP contribution in [0.15, 0.2) is 42.5 Å². The van der Waals surface area contributed by atoms with E-state index in [2.05, 4.69) is 29.1 Å². The average molecular weight is 898 g/mol. The molecule has 7 rings (SSSR count). The molecular formula is C48H54Cl2N6O7. The van der Waals surface area contributed by atoms with E-state index in [0.29, 0.717) is 80.6 Å². The Balaban J connectivity index is 1.32. The number of carboxylic acids is 1. The van der Waals surface area contributed by atoms with Gasteiger partial charge in [0.1, 0.15) is 12.0 Å². The summed E-state index contributed by atoms with van der Waals surface area (Å²) in [7, 11) is 1.25. The summed E-state index contributed by atoms with van der Waals surface area (Å²) in [5.41, 5.74) is 9.61. The Morgan fingerprint density at radius 2 is 1.51 bits per heavy atom. The van der Waals surface area contributed by atoms with E-state index in [1.54, 1.807) is 0 Å². The Kier molecular flexibility index (Phi) is 13.5. The van der Waals surface area contributed by atoms with E-state index in [1.807, 2.05) is 68.1 Å². The molecule has 2 aliphatic heterocycles. The van der Waals surface area contributed by atoms with Crippen LogP contribution in [0.4, 0.5) is 5.69 Å². The van der Waals surface area contributed by atoms with Crippen LogP contribution in [0.25, 0.3) is 22.1 Å². The number of ketones is 2. The van der Waals surface area contributed by atoms with Crippen molar-refractivity contribution in [3.05, 3.63) is 98.6 Å². The highest BCUT2D eigenvalue weighted by molar-refractivity contribution is 6.23. The van der Waals surface area contributed by atoms with Gasteiger partial charge >= 0.3 is 11.9 Å². The molecular weight excluding hydrogens is 843 g/mol. The van der Waals surface area contributed by atoms with Crippen LogP contribution >= 0.6 is 23.2 Å². The molecule has 13 nitrogen and oxygen atoms in total. The topological polar surface area (TPSA) is 187 Å². The fourth-order valence-electron chi connectivity index (χ4n) is 9.74. The minimum absolute atomic E-state index is 0.0489. The molecule has 0 fully saturated rings. The van der Waals surface area contributed by atoms with Crippen molar-refractivity contribution in [1.29, 1.82) is 0 Å². The third kappa shape index (κ3) is 8.61. The van der Waals surface area contributed by atoms with Gasteiger partial charge < -0.3 is 30.0 Å². The first-order chi connectivity index (χ1) is 30.1. The monoisotopic (exact) mass is 896 g/mol. The maximum atomic E-state index is 14.4. The van der Waals surface area contributed by atoms with Gasteiger partial charge in [0.05, 0.1) is 23.8 Å². The molecule has 63 heavy (non-hydrogen) atoms. The summed E-state index contributed by atoms with van der Waals surface area (Å²) in [5.74, 6) is -4.02. The normalized spacial score (nSPS) is 19.5. The molecule has 4 N–H and O–H groups in total. The highest BCUT2D eigenvalue weighted by Gasteiger charge is 2.45. The van der Waals surface area contributed by atoms with Gasteiger partial charge in [-0.25, -0.2) is 4.79 Å². The van der Waals surface area contributed by atoms with Gasteiger partial charge in [-0.3, -0.25) is 29.1 Å². The van der Waals surface area contributed by atoms with Crippen LogP contribution in [0, 0.1) is 13.8 Å². The standard InChI is InChI=1S/C48H54Cl2N6O7/c1-8-30-23(2)32-22-37-40(27(6)57)25(4)34(52-37)20-33-24(3)31(13-14-39(58)53-38(47(60)61)19-28-9-11-29(12-10-28)56(17-15-49)18-16-50)44(54-33)42-43(48(62)63-7)46(59)41-26(5)35(55-45(41)42)21-36(30)51-32/h9-12,20-24,30-31,38,43,52,55H,8,13-19H2,1-7H3,(H,53,58)(H,60,61)/t23-,24+,30-,31+,38?,43?/m1/s1. The largest absolute Gasteiger partial charge is 0.480 e. The number of hydrogen-bond acceptors (Lipinski definition) is 9. The molecule has 0 saturated carbocycles. The number of halogens is 2. The Morgan fingerprint density at radius 1 is 0.889 bits per heavy atom. The van der Waals surface area contributed by atoms with E-state index in [0.717, 1.165) is 34.6 Å². The SMILES string of the molecule is CC[C@H]1c2cc3[nH]c4c(c3C)C(=O)C(C(=O)OC)c4c3nc(cc4[nH]c(cc(n2)[C@@H]1C)c(C(C)=O)c4C)[C@@H](C)[C@@H]3CCC(=O)NC(Cc1ccc(N(CCCl)CCCl)cc1)C(=O)O. The van der Waals surface area contributed by atoms with Crippen LogP contribution in [-0.4, -0.2) is 92.5 Å². The van der Waals surface area contributed by atoms with Gasteiger partial charge in [-0.2, -0.15) is 0 Å². The summed E-state index contributed by atoms with van der Waals surface area (Å²) in [6, 6.07) is 12.0. The summed E-state index contributed by atoms with van der Waals surface area (Å²) >= 11 is 12.0. The van der Waals surface area contributed by atoms with Crippen molar-refractivity contribution in [2.24, 2.45) is 0 Å². The highest BCUT2D eigenvalue weighted by Crippen LogP contribution is 2.48. The molecule has 5 heterocycles. The van der Waals surface area contributed by atoms with E-state index < -0.39 is 41.5 Å². The predicted octanol–water partition coefficient (Wildman–Crippen LogP) is 8.65. The second-order valence-electron chi connectivity index (χ2n) is 16.9. The molecule has 8 bridgehead atoms. The van der Waals surface area contributed by atoms with Gasteiger partial charge in [0, 0.05) is 112 Å². The third-order valence-corrected chi connectivity index (χ3v) is 13.5. The lowest BCUT2D eigenvalue weighted by molar-refractivity contribution is -0.142. The number of aromatic nitrogens is 4. The lowest BCUT2D eigenvalue weighted by Gasteiger charge is -2.23. The molecule has 3 aromatic heterocycles. The Labute approximate surface area is 376 Å². The second-order valence-corrected chi connectivity index (χ2v) is 17.7. The van der Waals surface area contributed by atoms with E-state index in [4.69, 9.17) is 37.9 Å². The number of carbonyl (C=O) groups excluding carboxylic acids is 4. The van der Waals surface area contributed by atoms with Crippen molar-refractivity contribution in [1.82, 2.24) is 25.3 Å². The smallest absolute Gasteiger partial charge is 0.326 e. The van der Waals surface area contributed by atoms with Crippen LogP contribution in [0.5, 0.6) is 0 Å². The number of alkyl halides is 2. The number of aliphatic carboxylic acids is 1. The first-order valence-corrected chi connectivity index (χ1v) is 22.6. The molecule has 1 aromatic carbocycles. The molecule has 0 saturated heterocycles. The first-order valence-electron chi connectivity index (χ1n) is 21.5. The third-order valence-electron chi connectivity index (χ3n) is 13.2. The lowest BCUT2D eigenvalue weighted by atomic mass is 9.83. The van der Waals surface area contributed by atoms with Crippen molar-refractivity contribution >= 4 is 80.4 Å². The molecule has 4 aromatic rings. The number of H-pyrrole nitrogens is 2. The molecule has 6 atom stereocenters. The van der Waals surface area contributed by atoms with E-state index in [1.165, 1.54) is 14.0 Å². The fourth-order valence-corrected chi connectivity index (χ4v) is 10.1. The van der Waals surface area contributed by atoms with Crippen molar-refractivity contribution in [3.8, 4) is 0 Å². The maximum absolute atomic E-state index is 14.4. The van der Waals surface area contributed by atoms with Crippen molar-refractivity contribution in [2.75, 3.05) is 36.9 Å². The zero-order chi connectivity index (χ0) is 45.4. The van der Waals surface area contributed by atoms with E-state index in [9.17, 15) is 29.1 Å². The first kappa shape index (κ1) is 45.5. The second kappa shape index (κ2) is 18.7. The van der Waals surface area contributed by atoms with E-state index >= 15 is 0 Å². The number of benzene rings is 1. The summed E-state index contributed by atoms with van der Waals surface area (Å²) in [5, 5.41) is 12.9. The number of esters is 1. The minimum Gasteiger partial charge on any atom is -0.480 e. The molecule has 2 unspecified atom stereocenters. The predicted molar refractivity (Wildman–Crippen MR) is 245 cm³/mol. The van der Waals surface area contributed by atoms with Crippen LogP contribution in [0.3, 0.4) is 0 Å². The van der Waals surface area contributed by atoms with Crippen LogP contribution in [-0.2, 0) is 25.5 Å². The van der Waals surface area contributed by atoms with Crippen molar-refractivity contribution in [2.45, 2.75) is 103 Å². The van der Waals surface area contributed by atoms with Gasteiger partial charge in [0.15, 0.2) is 11.6 Å². The van der Waals surface area contributed by atoms with E-state index in [-0.39, 0.29) is 42.8 Å². The molecule has 332 valence electrons. The summed E-state index contributed by atoms with van der Waals surface area (Å²) in [6.07, 6.45) is 1.01. The number of rotatable bonds is 15. The summed E-state index contributed by atoms with van der Waals surface area (Å²) in [6.45, 7) is 12.7. The molecule has 15 heteroatoms. The van der Waals surface area contributed by atoms with Crippen LogP contribution < -0.4 is 10.2 Å². The number of Topliss-reactive ketones (excluding diaryl/α,β-unsaturated/α-hetero) is 2. The molecule has 3 aliphatic rings. The molecule has 1 aliphatic carbocycles. The van der Waals surface area contributed by atoms with Gasteiger partial charge in [0.25, 0.3) is 0 Å². The van der Waals surface area contributed by atoms with Gasteiger partial charge in [-0.05, 0) is 80.6 Å². The number of nitrogens with zero attached hydrogens (tertiary/aromatic N) is 3. The highest BCUT2D eigenvalue weighted by atomic mass is 35.5. The maximum Gasteiger partial charge on any atom is 0.326 e. The average Bonchev–Trinajstić information content (AvgIpc) is 4.00. The summed E-state index contributed by atoms with van der Waals surface area (Å²) < 4.78 is 5.24. The molecule has 1 amide bonds. The van der Waals surface area contributed by atoms with Crippen LogP contribution in [0.1, 0.15) is 142 Å². The molecule has 0 spiro atoms. The quantitative estimate of drug-likeness (QED) is 0.0389. The number of amides is 1. The Bertz CT molecular complexity index is 2650. The van der Waals surface area contributed by atoms with Crippen molar-refractivity contribution < 1.29 is 33.8 Å². The van der Waals surface area contributed by atoms with Gasteiger partial charge in [-0.1, -0.05) is 32.9 Å². The number of carboxylic acid groups (broad SMARTS) is 1.